The molecule has 6 nitrogen and oxygen atoms in total. The topological polar surface area (TPSA) is 72.9 Å². The van der Waals surface area contributed by atoms with Gasteiger partial charge in [-0.15, -0.1) is 0 Å². The highest BCUT2D eigenvalue weighted by Crippen LogP contribution is 2.41. The van der Waals surface area contributed by atoms with Gasteiger partial charge >= 0.3 is 5.97 Å². The standard InChI is InChI=1S/C20H17NO5S/c1-2-25-16-10-3-4-11-17(16)26-19(22)13-21-15-9-5-7-14-8-6-12-18(20(14)15)27(21,23)24/h3-12H,2,13H2,1H3. The molecule has 0 amide bonds. The number of sulfonamides is 1. The summed E-state index contributed by atoms with van der Waals surface area (Å²) >= 11 is 0. The molecule has 0 aliphatic carbocycles. The SMILES string of the molecule is CCOc1ccccc1OC(=O)CN1c2cccc3cccc(c23)S1(=O)=O. The van der Waals surface area contributed by atoms with E-state index in [1.807, 2.05) is 19.1 Å². The Hall–Kier alpha value is -3.06. The molecular weight excluding hydrogens is 366 g/mol. The first kappa shape index (κ1) is 17.4. The summed E-state index contributed by atoms with van der Waals surface area (Å²) in [7, 11) is -3.80. The van der Waals surface area contributed by atoms with Crippen LogP contribution in [0.3, 0.4) is 0 Å². The molecule has 138 valence electrons. The van der Waals surface area contributed by atoms with Gasteiger partial charge in [-0.25, -0.2) is 13.2 Å². The van der Waals surface area contributed by atoms with Gasteiger partial charge in [-0.05, 0) is 36.6 Å². The van der Waals surface area contributed by atoms with Gasteiger partial charge in [0.05, 0.1) is 17.2 Å². The Kier molecular flexibility index (Phi) is 4.24. The van der Waals surface area contributed by atoms with Gasteiger partial charge in [0.15, 0.2) is 11.5 Å². The summed E-state index contributed by atoms with van der Waals surface area (Å²) < 4.78 is 37.7. The summed E-state index contributed by atoms with van der Waals surface area (Å²) in [6.07, 6.45) is 0. The Morgan fingerprint density at radius 3 is 2.41 bits per heavy atom. The second kappa shape index (κ2) is 6.59. The van der Waals surface area contributed by atoms with E-state index in [-0.39, 0.29) is 10.6 Å². The minimum Gasteiger partial charge on any atom is -0.490 e. The van der Waals surface area contributed by atoms with Crippen LogP contribution in [-0.2, 0) is 14.8 Å². The maximum absolute atomic E-state index is 12.9. The molecule has 1 aliphatic rings. The van der Waals surface area contributed by atoms with Crippen LogP contribution < -0.4 is 13.8 Å². The first-order chi connectivity index (χ1) is 13.0. The molecule has 0 N–H and O–H groups in total. The van der Waals surface area contributed by atoms with Crippen molar-refractivity contribution >= 4 is 32.5 Å². The van der Waals surface area contributed by atoms with Crippen LogP contribution in [0.5, 0.6) is 11.5 Å². The van der Waals surface area contributed by atoms with E-state index >= 15 is 0 Å². The number of esters is 1. The van der Waals surface area contributed by atoms with E-state index in [9.17, 15) is 13.2 Å². The molecule has 0 radical (unpaired) electrons. The van der Waals surface area contributed by atoms with Crippen LogP contribution in [0.25, 0.3) is 10.8 Å². The second-order valence-electron chi connectivity index (χ2n) is 6.00. The second-order valence-corrected chi connectivity index (χ2v) is 7.83. The maximum Gasteiger partial charge on any atom is 0.332 e. The lowest BCUT2D eigenvalue weighted by Crippen LogP contribution is -2.34. The molecular formula is C20H17NO5S. The lowest BCUT2D eigenvalue weighted by Gasteiger charge is -2.18. The van der Waals surface area contributed by atoms with Gasteiger partial charge in [0, 0.05) is 5.39 Å². The predicted octanol–water partition coefficient (Wildman–Crippen LogP) is 3.35. The molecule has 7 heteroatoms. The monoisotopic (exact) mass is 383 g/mol. The van der Waals surface area contributed by atoms with Crippen molar-refractivity contribution < 1.29 is 22.7 Å². The number of carbonyl (C=O) groups is 1. The largest absolute Gasteiger partial charge is 0.490 e. The maximum atomic E-state index is 12.9. The highest BCUT2D eigenvalue weighted by atomic mass is 32.2. The summed E-state index contributed by atoms with van der Waals surface area (Å²) in [6.45, 7) is 1.83. The third kappa shape index (κ3) is 2.90. The number of hydrogen-bond donors (Lipinski definition) is 0. The molecule has 0 atom stereocenters. The number of carbonyl (C=O) groups excluding carboxylic acids is 1. The third-order valence-electron chi connectivity index (χ3n) is 4.33. The van der Waals surface area contributed by atoms with E-state index in [4.69, 9.17) is 9.47 Å². The molecule has 1 heterocycles. The number of nitrogens with zero attached hydrogens (tertiary/aromatic N) is 1. The molecule has 3 aromatic carbocycles. The molecule has 0 saturated heterocycles. The van der Waals surface area contributed by atoms with Gasteiger partial charge in [-0.3, -0.25) is 4.31 Å². The fraction of sp³-hybridized carbons (Fsp3) is 0.150. The summed E-state index contributed by atoms with van der Waals surface area (Å²) in [5, 5.41) is 1.44. The normalized spacial score (nSPS) is 14.3. The lowest BCUT2D eigenvalue weighted by atomic mass is 10.1. The van der Waals surface area contributed by atoms with Crippen LogP contribution in [0, 0.1) is 0 Å². The van der Waals surface area contributed by atoms with Gasteiger partial charge in [0.1, 0.15) is 6.54 Å². The third-order valence-corrected chi connectivity index (χ3v) is 6.13. The molecule has 0 spiro atoms. The number of benzene rings is 3. The Balaban J connectivity index is 1.64. The van der Waals surface area contributed by atoms with Gasteiger partial charge in [0.25, 0.3) is 10.0 Å². The molecule has 0 unspecified atom stereocenters. The summed E-state index contributed by atoms with van der Waals surface area (Å²) in [6, 6.07) is 17.2. The smallest absolute Gasteiger partial charge is 0.332 e. The summed E-state index contributed by atoms with van der Waals surface area (Å²) in [5.41, 5.74) is 0.484. The zero-order valence-corrected chi connectivity index (χ0v) is 15.4. The van der Waals surface area contributed by atoms with Crippen molar-refractivity contribution in [3.05, 3.63) is 60.7 Å². The van der Waals surface area contributed by atoms with Crippen LogP contribution in [0.1, 0.15) is 6.92 Å². The van der Waals surface area contributed by atoms with Crippen molar-refractivity contribution in [2.24, 2.45) is 0 Å². The van der Waals surface area contributed by atoms with Gasteiger partial charge < -0.3 is 9.47 Å². The van der Waals surface area contributed by atoms with E-state index in [0.717, 1.165) is 9.69 Å². The molecule has 0 bridgehead atoms. The van der Waals surface area contributed by atoms with Gasteiger partial charge in [-0.2, -0.15) is 0 Å². The van der Waals surface area contributed by atoms with E-state index in [2.05, 4.69) is 0 Å². The summed E-state index contributed by atoms with van der Waals surface area (Å²) in [4.78, 5) is 12.7. The van der Waals surface area contributed by atoms with Crippen LogP contribution in [0.15, 0.2) is 65.6 Å². The fourth-order valence-corrected chi connectivity index (χ4v) is 4.86. The van der Waals surface area contributed by atoms with Crippen molar-refractivity contribution in [3.63, 3.8) is 0 Å². The Morgan fingerprint density at radius 2 is 1.67 bits per heavy atom. The van der Waals surface area contributed by atoms with Crippen LogP contribution in [-0.4, -0.2) is 27.5 Å². The van der Waals surface area contributed by atoms with Crippen molar-refractivity contribution in [2.75, 3.05) is 17.5 Å². The minimum absolute atomic E-state index is 0.207. The molecule has 0 saturated carbocycles. The van der Waals surface area contributed by atoms with Gasteiger partial charge in [0.2, 0.25) is 0 Å². The van der Waals surface area contributed by atoms with E-state index in [1.54, 1.807) is 48.5 Å². The van der Waals surface area contributed by atoms with Crippen molar-refractivity contribution in [2.45, 2.75) is 11.8 Å². The van der Waals surface area contributed by atoms with Crippen LogP contribution >= 0.6 is 0 Å². The molecule has 0 fully saturated rings. The molecule has 4 rings (SSSR count). The minimum atomic E-state index is -3.80. The molecule has 27 heavy (non-hydrogen) atoms. The highest BCUT2D eigenvalue weighted by Gasteiger charge is 2.37. The fourth-order valence-electron chi connectivity index (χ4n) is 3.21. The number of rotatable bonds is 5. The predicted molar refractivity (Wildman–Crippen MR) is 102 cm³/mol. The Bertz CT molecular complexity index is 1130. The average molecular weight is 383 g/mol. The molecule has 3 aromatic rings. The number of anilines is 1. The van der Waals surface area contributed by atoms with Crippen molar-refractivity contribution in [1.29, 1.82) is 0 Å². The zero-order chi connectivity index (χ0) is 19.0. The molecule has 1 aliphatic heterocycles. The first-order valence-corrected chi connectivity index (χ1v) is 9.93. The first-order valence-electron chi connectivity index (χ1n) is 8.49. The zero-order valence-electron chi connectivity index (χ0n) is 14.6. The molecule has 0 aromatic heterocycles. The van der Waals surface area contributed by atoms with Crippen molar-refractivity contribution in [3.8, 4) is 11.5 Å². The Morgan fingerprint density at radius 1 is 0.963 bits per heavy atom. The van der Waals surface area contributed by atoms with Crippen LogP contribution in [0.2, 0.25) is 0 Å². The van der Waals surface area contributed by atoms with Crippen molar-refractivity contribution in [1.82, 2.24) is 0 Å². The van der Waals surface area contributed by atoms with Gasteiger partial charge in [-0.1, -0.05) is 36.4 Å². The van der Waals surface area contributed by atoms with E-state index in [1.165, 1.54) is 0 Å². The average Bonchev–Trinajstić information content (AvgIpc) is 2.87. The quantitative estimate of drug-likeness (QED) is 0.499. The number of hydrogen-bond acceptors (Lipinski definition) is 5. The van der Waals surface area contributed by atoms with Crippen LogP contribution in [0.4, 0.5) is 5.69 Å². The number of ether oxygens (including phenoxy) is 2. The van der Waals surface area contributed by atoms with E-state index in [0.29, 0.717) is 23.4 Å². The Labute approximate surface area is 157 Å². The lowest BCUT2D eigenvalue weighted by molar-refractivity contribution is -0.132. The number of para-hydroxylation sites is 2. The summed E-state index contributed by atoms with van der Waals surface area (Å²) in [5.74, 6) is 0.00946. The van der Waals surface area contributed by atoms with E-state index < -0.39 is 22.5 Å². The highest BCUT2D eigenvalue weighted by molar-refractivity contribution is 7.93.